The van der Waals surface area contributed by atoms with Crippen molar-refractivity contribution in [3.63, 3.8) is 0 Å². The van der Waals surface area contributed by atoms with E-state index in [9.17, 15) is 4.79 Å². The van der Waals surface area contributed by atoms with Gasteiger partial charge in [-0.2, -0.15) is 0 Å². The van der Waals surface area contributed by atoms with Crippen LogP contribution < -0.4 is 0 Å². The molecule has 1 amide bonds. The molecule has 2 bridgehead atoms. The SMILES string of the molecule is O=C1c2cccc(-c3ncco3)c2CN1CCB1[C@@H]2CCC[C@H]1CC2. The summed E-state index contributed by atoms with van der Waals surface area (Å²) in [5.74, 6) is 2.62. The van der Waals surface area contributed by atoms with Gasteiger partial charge in [0.15, 0.2) is 0 Å². The largest absolute Gasteiger partial charge is 0.445 e. The van der Waals surface area contributed by atoms with Crippen LogP contribution in [0.25, 0.3) is 11.5 Å². The number of carbonyl (C=O) groups is 1. The van der Waals surface area contributed by atoms with E-state index in [0.717, 1.165) is 41.6 Å². The Morgan fingerprint density at radius 2 is 1.96 bits per heavy atom. The van der Waals surface area contributed by atoms with E-state index in [4.69, 9.17) is 4.42 Å². The summed E-state index contributed by atoms with van der Waals surface area (Å²) in [6.45, 7) is 2.42. The molecule has 4 heterocycles. The van der Waals surface area contributed by atoms with Crippen LogP contribution in [0, 0.1) is 0 Å². The third kappa shape index (κ3) is 2.52. The maximum Gasteiger partial charge on any atom is 0.254 e. The van der Waals surface area contributed by atoms with Crippen molar-refractivity contribution in [3.8, 4) is 11.5 Å². The Morgan fingerprint density at radius 3 is 2.72 bits per heavy atom. The van der Waals surface area contributed by atoms with Crippen molar-refractivity contribution < 1.29 is 9.21 Å². The van der Waals surface area contributed by atoms with Crippen LogP contribution in [0.1, 0.15) is 48.0 Å². The van der Waals surface area contributed by atoms with Crippen LogP contribution in [0.5, 0.6) is 0 Å². The molecule has 0 aliphatic carbocycles. The third-order valence-corrected chi connectivity index (χ3v) is 6.71. The Bertz CT molecular complexity index is 773. The second kappa shape index (κ2) is 6.04. The molecular formula is C20H23BN2O2. The topological polar surface area (TPSA) is 46.3 Å². The van der Waals surface area contributed by atoms with Gasteiger partial charge in [-0.15, -0.1) is 0 Å². The lowest BCUT2D eigenvalue weighted by atomic mass is 9.32. The fourth-order valence-electron chi connectivity index (χ4n) is 5.50. The van der Waals surface area contributed by atoms with E-state index in [1.165, 1.54) is 38.4 Å². The summed E-state index contributed by atoms with van der Waals surface area (Å²) < 4.78 is 5.47. The summed E-state index contributed by atoms with van der Waals surface area (Å²) >= 11 is 0. The number of oxazole rings is 1. The fourth-order valence-corrected chi connectivity index (χ4v) is 5.50. The first-order valence-corrected chi connectivity index (χ1v) is 9.62. The molecule has 5 heteroatoms. The van der Waals surface area contributed by atoms with Gasteiger partial charge in [0, 0.05) is 24.2 Å². The quantitative estimate of drug-likeness (QED) is 0.773. The molecule has 4 nitrogen and oxygen atoms in total. The van der Waals surface area contributed by atoms with Crippen LogP contribution in [0.15, 0.2) is 35.1 Å². The first-order valence-electron chi connectivity index (χ1n) is 9.62. The summed E-state index contributed by atoms with van der Waals surface area (Å²) in [7, 11) is 0. The van der Waals surface area contributed by atoms with Gasteiger partial charge in [-0.1, -0.05) is 56.1 Å². The molecule has 2 atom stereocenters. The molecule has 0 spiro atoms. The number of carbonyl (C=O) groups excluding carboxylic acids is 1. The molecule has 2 saturated heterocycles. The van der Waals surface area contributed by atoms with Gasteiger partial charge in [-0.25, -0.2) is 4.98 Å². The van der Waals surface area contributed by atoms with Crippen LogP contribution >= 0.6 is 0 Å². The van der Waals surface area contributed by atoms with Crippen molar-refractivity contribution in [2.24, 2.45) is 0 Å². The monoisotopic (exact) mass is 334 g/mol. The molecular weight excluding hydrogens is 311 g/mol. The molecule has 1 aromatic carbocycles. The van der Waals surface area contributed by atoms with Crippen molar-refractivity contribution in [3.05, 3.63) is 41.8 Å². The third-order valence-electron chi connectivity index (χ3n) is 6.71. The smallest absolute Gasteiger partial charge is 0.254 e. The Labute approximate surface area is 148 Å². The van der Waals surface area contributed by atoms with Crippen LogP contribution in [0.2, 0.25) is 18.0 Å². The van der Waals surface area contributed by atoms with E-state index in [1.54, 1.807) is 12.5 Å². The van der Waals surface area contributed by atoms with Crippen molar-refractivity contribution in [1.82, 2.24) is 9.88 Å². The first-order chi connectivity index (χ1) is 12.3. The standard InChI is InChI=1S/C20H23BN2O2/c24-20-17-6-2-5-16(19-22-10-12-25-19)18(17)13-23(20)11-9-21-14-3-1-4-15(21)8-7-14/h2,5-6,10,12,14-15H,1,3-4,7-9,11,13H2/t14-,15+. The van der Waals surface area contributed by atoms with E-state index in [1.807, 2.05) is 23.1 Å². The van der Waals surface area contributed by atoms with E-state index < -0.39 is 0 Å². The molecule has 0 radical (unpaired) electrons. The minimum absolute atomic E-state index is 0.173. The van der Waals surface area contributed by atoms with Crippen molar-refractivity contribution in [1.29, 1.82) is 0 Å². The van der Waals surface area contributed by atoms with Crippen molar-refractivity contribution in [2.75, 3.05) is 6.54 Å². The zero-order valence-corrected chi connectivity index (χ0v) is 14.5. The average molecular weight is 334 g/mol. The molecule has 2 fully saturated rings. The second-order valence-electron chi connectivity index (χ2n) is 7.88. The second-order valence-corrected chi connectivity index (χ2v) is 7.88. The van der Waals surface area contributed by atoms with Gasteiger partial charge in [-0.3, -0.25) is 4.79 Å². The van der Waals surface area contributed by atoms with E-state index >= 15 is 0 Å². The molecule has 5 rings (SSSR count). The van der Waals surface area contributed by atoms with Crippen LogP contribution in [0.4, 0.5) is 0 Å². The number of hydrogen-bond donors (Lipinski definition) is 0. The lowest BCUT2D eigenvalue weighted by Crippen LogP contribution is -2.32. The molecule has 25 heavy (non-hydrogen) atoms. The van der Waals surface area contributed by atoms with Gasteiger partial charge in [0.05, 0.1) is 6.20 Å². The van der Waals surface area contributed by atoms with Crippen LogP contribution in [-0.2, 0) is 6.54 Å². The zero-order valence-electron chi connectivity index (χ0n) is 14.5. The maximum atomic E-state index is 12.8. The van der Waals surface area contributed by atoms with E-state index in [-0.39, 0.29) is 5.91 Å². The minimum Gasteiger partial charge on any atom is -0.445 e. The van der Waals surface area contributed by atoms with E-state index in [2.05, 4.69) is 4.98 Å². The highest BCUT2D eigenvalue weighted by atomic mass is 16.3. The predicted octanol–water partition coefficient (Wildman–Crippen LogP) is 4.51. The lowest BCUT2D eigenvalue weighted by molar-refractivity contribution is 0.0786. The lowest BCUT2D eigenvalue weighted by Gasteiger charge is -2.28. The van der Waals surface area contributed by atoms with E-state index in [0.29, 0.717) is 12.4 Å². The number of hydrogen-bond acceptors (Lipinski definition) is 3. The number of amides is 1. The summed E-state index contributed by atoms with van der Waals surface area (Å²) in [6.07, 6.45) is 11.5. The highest BCUT2D eigenvalue weighted by Crippen LogP contribution is 2.50. The number of aromatic nitrogens is 1. The fraction of sp³-hybridized carbons (Fsp3) is 0.500. The van der Waals surface area contributed by atoms with Gasteiger partial charge in [0.2, 0.25) is 5.89 Å². The first kappa shape index (κ1) is 15.2. The van der Waals surface area contributed by atoms with Gasteiger partial charge in [0.1, 0.15) is 13.0 Å². The molecule has 3 aliphatic heterocycles. The molecule has 3 aliphatic rings. The number of fused-ring (bicyclic) bond motifs is 3. The molecule has 1 aromatic heterocycles. The molecule has 0 N–H and O–H groups in total. The number of nitrogens with zero attached hydrogens (tertiary/aromatic N) is 2. The Balaban J connectivity index is 1.33. The Kier molecular flexibility index (Phi) is 3.68. The highest BCUT2D eigenvalue weighted by Gasteiger charge is 2.41. The van der Waals surface area contributed by atoms with Gasteiger partial charge >= 0.3 is 0 Å². The molecule has 2 aromatic rings. The van der Waals surface area contributed by atoms with Crippen LogP contribution in [-0.4, -0.2) is 29.0 Å². The summed E-state index contributed by atoms with van der Waals surface area (Å²) in [6, 6.07) is 5.87. The molecule has 128 valence electrons. The highest BCUT2D eigenvalue weighted by molar-refractivity contribution is 6.63. The van der Waals surface area contributed by atoms with Crippen LogP contribution in [0.3, 0.4) is 0 Å². The van der Waals surface area contributed by atoms with Gasteiger partial charge < -0.3 is 9.32 Å². The minimum atomic E-state index is 0.173. The average Bonchev–Trinajstić information content (AvgIpc) is 3.31. The van der Waals surface area contributed by atoms with Crippen molar-refractivity contribution >= 4 is 12.6 Å². The normalized spacial score (nSPS) is 24.9. The van der Waals surface area contributed by atoms with Gasteiger partial charge in [0.25, 0.3) is 5.91 Å². The Morgan fingerprint density at radius 1 is 1.16 bits per heavy atom. The number of rotatable bonds is 4. The molecule has 0 unspecified atom stereocenters. The van der Waals surface area contributed by atoms with Crippen molar-refractivity contribution in [2.45, 2.75) is 56.6 Å². The Hall–Kier alpha value is -2.04. The maximum absolute atomic E-state index is 12.8. The summed E-state index contributed by atoms with van der Waals surface area (Å²) in [5.41, 5.74) is 2.85. The zero-order chi connectivity index (χ0) is 16.8. The number of benzene rings is 1. The molecule has 0 saturated carbocycles. The van der Waals surface area contributed by atoms with Gasteiger partial charge in [-0.05, 0) is 17.7 Å². The predicted molar refractivity (Wildman–Crippen MR) is 97.8 cm³/mol. The summed E-state index contributed by atoms with van der Waals surface area (Å²) in [5, 5.41) is 0. The summed E-state index contributed by atoms with van der Waals surface area (Å²) in [4.78, 5) is 19.1.